The van der Waals surface area contributed by atoms with E-state index in [-0.39, 0.29) is 0 Å². The minimum absolute atomic E-state index is 0.638. The van der Waals surface area contributed by atoms with E-state index in [9.17, 15) is 0 Å². The molecule has 1 aromatic heterocycles. The van der Waals surface area contributed by atoms with Crippen LogP contribution in [0.2, 0.25) is 0 Å². The monoisotopic (exact) mass is 264 g/mol. The minimum atomic E-state index is 0.638. The van der Waals surface area contributed by atoms with Gasteiger partial charge in [-0.1, -0.05) is 6.42 Å². The van der Waals surface area contributed by atoms with Crippen molar-refractivity contribution in [2.75, 3.05) is 19.6 Å². The van der Waals surface area contributed by atoms with E-state index in [0.717, 1.165) is 25.3 Å². The lowest BCUT2D eigenvalue weighted by Crippen LogP contribution is -2.43. The van der Waals surface area contributed by atoms with Crippen LogP contribution < -0.4 is 5.32 Å². The van der Waals surface area contributed by atoms with Crippen molar-refractivity contribution in [3.8, 4) is 0 Å². The first-order chi connectivity index (χ1) is 9.20. The lowest BCUT2D eigenvalue weighted by Gasteiger charge is -2.32. The Bertz CT molecular complexity index is 379. The lowest BCUT2D eigenvalue weighted by atomic mass is 10.1. The molecule has 0 aliphatic carbocycles. The first kappa shape index (κ1) is 14.5. The highest BCUT2D eigenvalue weighted by Gasteiger charge is 2.16. The van der Waals surface area contributed by atoms with Gasteiger partial charge in [0.1, 0.15) is 0 Å². The molecule has 1 saturated heterocycles. The van der Waals surface area contributed by atoms with Crippen molar-refractivity contribution in [2.45, 2.75) is 59.2 Å². The maximum absolute atomic E-state index is 4.48. The van der Waals surface area contributed by atoms with E-state index in [2.05, 4.69) is 46.8 Å². The van der Waals surface area contributed by atoms with Crippen LogP contribution in [-0.4, -0.2) is 40.4 Å². The summed E-state index contributed by atoms with van der Waals surface area (Å²) >= 11 is 0. The molecule has 0 radical (unpaired) electrons. The molecule has 0 spiro atoms. The molecular formula is C15H28N4. The second-order valence-electron chi connectivity index (χ2n) is 5.67. The summed E-state index contributed by atoms with van der Waals surface area (Å²) in [5, 5.41) is 8.07. The summed E-state index contributed by atoms with van der Waals surface area (Å²) in [4.78, 5) is 2.61. The Kier molecular flexibility index (Phi) is 5.40. The quantitative estimate of drug-likeness (QED) is 0.855. The summed E-state index contributed by atoms with van der Waals surface area (Å²) in [7, 11) is 0. The summed E-state index contributed by atoms with van der Waals surface area (Å²) in [6.45, 7) is 12.0. The zero-order valence-corrected chi connectivity index (χ0v) is 12.7. The molecule has 1 aromatic rings. The predicted molar refractivity (Wildman–Crippen MR) is 79.2 cm³/mol. The number of likely N-dealkylation sites (tertiary alicyclic amines) is 1. The minimum Gasteiger partial charge on any atom is -0.310 e. The molecule has 1 aliphatic rings. The fraction of sp³-hybridized carbons (Fsp3) is 0.800. The standard InChI is InChI=1S/C15H28N4/c1-4-19-15(10-13(2)17-19)12-16-11-14(3)18-8-6-5-7-9-18/h10,14,16H,4-9,11-12H2,1-3H3. The van der Waals surface area contributed by atoms with Crippen LogP contribution in [0.15, 0.2) is 6.07 Å². The predicted octanol–water partition coefficient (Wildman–Crippen LogP) is 2.18. The molecule has 4 heteroatoms. The van der Waals surface area contributed by atoms with Crippen molar-refractivity contribution in [1.82, 2.24) is 20.0 Å². The number of hydrogen-bond donors (Lipinski definition) is 1. The van der Waals surface area contributed by atoms with Crippen LogP contribution in [-0.2, 0) is 13.1 Å². The molecule has 19 heavy (non-hydrogen) atoms. The largest absolute Gasteiger partial charge is 0.310 e. The Morgan fingerprint density at radius 1 is 1.32 bits per heavy atom. The van der Waals surface area contributed by atoms with E-state index < -0.39 is 0 Å². The molecular weight excluding hydrogens is 236 g/mol. The first-order valence-corrected chi connectivity index (χ1v) is 7.68. The number of nitrogens with zero attached hydrogens (tertiary/aromatic N) is 3. The van der Waals surface area contributed by atoms with Crippen LogP contribution in [0, 0.1) is 6.92 Å². The molecule has 0 saturated carbocycles. The molecule has 4 nitrogen and oxygen atoms in total. The maximum atomic E-state index is 4.48. The van der Waals surface area contributed by atoms with Crippen molar-refractivity contribution in [3.63, 3.8) is 0 Å². The zero-order chi connectivity index (χ0) is 13.7. The van der Waals surface area contributed by atoms with Gasteiger partial charge in [-0.05, 0) is 52.8 Å². The summed E-state index contributed by atoms with van der Waals surface area (Å²) in [5.41, 5.74) is 2.41. The van der Waals surface area contributed by atoms with Gasteiger partial charge in [-0.3, -0.25) is 9.58 Å². The van der Waals surface area contributed by atoms with E-state index in [1.807, 2.05) is 0 Å². The number of rotatable bonds is 6. The van der Waals surface area contributed by atoms with Gasteiger partial charge in [0.05, 0.1) is 11.4 Å². The van der Waals surface area contributed by atoms with Gasteiger partial charge in [0.25, 0.3) is 0 Å². The SMILES string of the molecule is CCn1nc(C)cc1CNCC(C)N1CCCCC1. The Balaban J connectivity index is 1.76. The third-order valence-electron chi connectivity index (χ3n) is 4.04. The van der Waals surface area contributed by atoms with Gasteiger partial charge in [0, 0.05) is 25.7 Å². The molecule has 1 fully saturated rings. The Hall–Kier alpha value is -0.870. The van der Waals surface area contributed by atoms with Crippen LogP contribution in [0.25, 0.3) is 0 Å². The van der Waals surface area contributed by atoms with Crippen molar-refractivity contribution < 1.29 is 0 Å². The molecule has 108 valence electrons. The van der Waals surface area contributed by atoms with E-state index in [0.29, 0.717) is 6.04 Å². The average Bonchev–Trinajstić information content (AvgIpc) is 2.80. The van der Waals surface area contributed by atoms with Gasteiger partial charge in [-0.25, -0.2) is 0 Å². The molecule has 0 amide bonds. The Morgan fingerprint density at radius 3 is 2.74 bits per heavy atom. The van der Waals surface area contributed by atoms with Crippen LogP contribution in [0.4, 0.5) is 0 Å². The number of aryl methyl sites for hydroxylation is 2. The normalized spacial score (nSPS) is 18.7. The molecule has 1 N–H and O–H groups in total. The van der Waals surface area contributed by atoms with Gasteiger partial charge < -0.3 is 5.32 Å². The molecule has 1 aliphatic heterocycles. The van der Waals surface area contributed by atoms with Crippen molar-refractivity contribution in [3.05, 3.63) is 17.5 Å². The molecule has 1 atom stereocenters. The van der Waals surface area contributed by atoms with Crippen LogP contribution in [0.1, 0.15) is 44.5 Å². The van der Waals surface area contributed by atoms with Crippen molar-refractivity contribution in [1.29, 1.82) is 0 Å². The molecule has 0 bridgehead atoms. The first-order valence-electron chi connectivity index (χ1n) is 7.68. The van der Waals surface area contributed by atoms with Crippen LogP contribution >= 0.6 is 0 Å². The highest BCUT2D eigenvalue weighted by Crippen LogP contribution is 2.11. The molecule has 1 unspecified atom stereocenters. The Morgan fingerprint density at radius 2 is 2.05 bits per heavy atom. The van der Waals surface area contributed by atoms with Crippen molar-refractivity contribution in [2.24, 2.45) is 0 Å². The van der Waals surface area contributed by atoms with Gasteiger partial charge in [0.2, 0.25) is 0 Å². The van der Waals surface area contributed by atoms with E-state index in [1.165, 1.54) is 38.0 Å². The summed E-state index contributed by atoms with van der Waals surface area (Å²) in [6.07, 6.45) is 4.14. The van der Waals surface area contributed by atoms with Crippen LogP contribution in [0.3, 0.4) is 0 Å². The third kappa shape index (κ3) is 4.05. The second kappa shape index (κ2) is 7.06. The van der Waals surface area contributed by atoms with E-state index >= 15 is 0 Å². The van der Waals surface area contributed by atoms with Crippen molar-refractivity contribution >= 4 is 0 Å². The molecule has 2 heterocycles. The average molecular weight is 264 g/mol. The lowest BCUT2D eigenvalue weighted by molar-refractivity contribution is 0.170. The number of aromatic nitrogens is 2. The van der Waals surface area contributed by atoms with E-state index in [4.69, 9.17) is 0 Å². The number of hydrogen-bond acceptors (Lipinski definition) is 3. The summed E-state index contributed by atoms with van der Waals surface area (Å²) in [6, 6.07) is 2.82. The highest BCUT2D eigenvalue weighted by molar-refractivity contribution is 5.08. The summed E-state index contributed by atoms with van der Waals surface area (Å²) in [5.74, 6) is 0. The number of piperidine rings is 1. The highest BCUT2D eigenvalue weighted by atomic mass is 15.3. The molecule has 2 rings (SSSR count). The number of nitrogens with one attached hydrogen (secondary N) is 1. The molecule has 0 aromatic carbocycles. The summed E-state index contributed by atoms with van der Waals surface area (Å²) < 4.78 is 2.09. The van der Waals surface area contributed by atoms with E-state index in [1.54, 1.807) is 0 Å². The maximum Gasteiger partial charge on any atom is 0.0597 e. The smallest absolute Gasteiger partial charge is 0.0597 e. The Labute approximate surface area is 117 Å². The fourth-order valence-electron chi connectivity index (χ4n) is 2.91. The van der Waals surface area contributed by atoms with Gasteiger partial charge in [-0.2, -0.15) is 5.10 Å². The fourth-order valence-corrected chi connectivity index (χ4v) is 2.91. The van der Waals surface area contributed by atoms with Gasteiger partial charge in [0.15, 0.2) is 0 Å². The third-order valence-corrected chi connectivity index (χ3v) is 4.04. The van der Waals surface area contributed by atoms with Crippen LogP contribution in [0.5, 0.6) is 0 Å². The second-order valence-corrected chi connectivity index (χ2v) is 5.67. The van der Waals surface area contributed by atoms with Gasteiger partial charge >= 0.3 is 0 Å². The topological polar surface area (TPSA) is 33.1 Å². The zero-order valence-electron chi connectivity index (χ0n) is 12.7. The van der Waals surface area contributed by atoms with Gasteiger partial charge in [-0.15, -0.1) is 0 Å².